The molecule has 4 N–H and O–H groups in total. The van der Waals surface area contributed by atoms with E-state index < -0.39 is 0 Å². The molecule has 0 fully saturated rings. The highest BCUT2D eigenvalue weighted by Gasteiger charge is 2.16. The van der Waals surface area contributed by atoms with E-state index in [9.17, 15) is 4.79 Å². The summed E-state index contributed by atoms with van der Waals surface area (Å²) in [6.45, 7) is 2.21. The first kappa shape index (κ1) is 11.2. The number of amides is 1. The largest absolute Gasteiger partial charge is 0.395 e. The molecule has 0 unspecified atom stereocenters. The Morgan fingerprint density at radius 3 is 3.06 bits per heavy atom. The number of anilines is 1. The van der Waals surface area contributed by atoms with E-state index in [4.69, 9.17) is 5.73 Å². The highest BCUT2D eigenvalue weighted by atomic mass is 16.5. The van der Waals surface area contributed by atoms with Gasteiger partial charge < -0.3 is 15.6 Å². The summed E-state index contributed by atoms with van der Waals surface area (Å²) >= 11 is 0. The van der Waals surface area contributed by atoms with E-state index in [0.29, 0.717) is 17.8 Å². The van der Waals surface area contributed by atoms with Crippen molar-refractivity contribution in [1.29, 1.82) is 0 Å². The first-order chi connectivity index (χ1) is 8.22. The fourth-order valence-electron chi connectivity index (χ4n) is 1.41. The molecule has 2 rings (SSSR count). The number of aromatic amines is 1. The summed E-state index contributed by atoms with van der Waals surface area (Å²) in [5.74, 6) is -0.332. The number of carbonyl (C=O) groups excluding carboxylic acids is 1. The highest BCUT2D eigenvalue weighted by molar-refractivity contribution is 5.97. The first-order valence-electron chi connectivity index (χ1n) is 5.22. The van der Waals surface area contributed by atoms with Crippen LogP contribution in [0.25, 0.3) is 0 Å². The predicted molar refractivity (Wildman–Crippen MR) is 60.1 cm³/mol. The van der Waals surface area contributed by atoms with E-state index in [2.05, 4.69) is 25.2 Å². The lowest BCUT2D eigenvalue weighted by molar-refractivity contribution is 0.0946. The van der Waals surface area contributed by atoms with Gasteiger partial charge in [-0.25, -0.2) is 0 Å². The van der Waals surface area contributed by atoms with E-state index in [0.717, 1.165) is 5.69 Å². The van der Waals surface area contributed by atoms with Crippen LogP contribution in [0.1, 0.15) is 28.8 Å². The van der Waals surface area contributed by atoms with Crippen LogP contribution in [0.5, 0.6) is 0 Å². The molecule has 0 aliphatic heterocycles. The van der Waals surface area contributed by atoms with Crippen LogP contribution in [0, 0.1) is 0 Å². The molecule has 2 aromatic rings. The topological polar surface area (TPSA) is 110 Å². The van der Waals surface area contributed by atoms with Gasteiger partial charge >= 0.3 is 0 Å². The number of nitrogens with one attached hydrogen (secondary N) is 2. The highest BCUT2D eigenvalue weighted by Crippen LogP contribution is 2.14. The molecular weight excluding hydrogens is 222 g/mol. The number of carbonyl (C=O) groups is 1. The molecule has 0 aliphatic rings. The fraction of sp³-hybridized carbons (Fsp3) is 0.300. The number of nitrogens with two attached hydrogens (primary N) is 1. The number of aryl methyl sites for hydroxylation is 1. The van der Waals surface area contributed by atoms with Gasteiger partial charge in [-0.05, 0) is 6.42 Å². The molecule has 0 bridgehead atoms. The van der Waals surface area contributed by atoms with Crippen molar-refractivity contribution in [2.75, 3.05) is 5.73 Å². The summed E-state index contributed by atoms with van der Waals surface area (Å²) in [5, 5.41) is 12.9. The van der Waals surface area contributed by atoms with Crippen molar-refractivity contribution in [2.45, 2.75) is 19.9 Å². The van der Waals surface area contributed by atoms with Crippen LogP contribution in [0.2, 0.25) is 0 Å². The molecule has 7 nitrogen and oxygen atoms in total. The fourth-order valence-corrected chi connectivity index (χ4v) is 1.41. The summed E-state index contributed by atoms with van der Waals surface area (Å²) in [5.41, 5.74) is 7.78. The average Bonchev–Trinajstić information content (AvgIpc) is 2.95. The zero-order valence-electron chi connectivity index (χ0n) is 9.36. The number of rotatable bonds is 4. The summed E-state index contributed by atoms with van der Waals surface area (Å²) in [7, 11) is 0. The number of nitrogens with zero attached hydrogens (tertiary/aromatic N) is 2. The smallest absolute Gasteiger partial charge is 0.274 e. The van der Waals surface area contributed by atoms with Crippen LogP contribution in [0.3, 0.4) is 0 Å². The Balaban J connectivity index is 2.02. The number of hydrogen-bond donors (Lipinski definition) is 3. The number of nitrogen functional groups attached to an aromatic ring is 1. The molecule has 0 radical (unpaired) electrons. The van der Waals surface area contributed by atoms with Crippen molar-refractivity contribution in [1.82, 2.24) is 20.7 Å². The molecule has 0 aromatic carbocycles. The van der Waals surface area contributed by atoms with Crippen LogP contribution in [-0.2, 0) is 13.0 Å². The molecule has 7 heteroatoms. The summed E-state index contributed by atoms with van der Waals surface area (Å²) in [4.78, 5) is 11.8. The number of aromatic nitrogens is 3. The molecule has 0 saturated carbocycles. The molecule has 90 valence electrons. The SMILES string of the molecule is CCc1[nH]nc(C(=O)NCc2ccon2)c1N. The Hall–Kier alpha value is -2.31. The summed E-state index contributed by atoms with van der Waals surface area (Å²) in [6.07, 6.45) is 2.15. The average molecular weight is 235 g/mol. The van der Waals surface area contributed by atoms with Crippen LogP contribution >= 0.6 is 0 Å². The number of hydrogen-bond acceptors (Lipinski definition) is 5. The van der Waals surface area contributed by atoms with Gasteiger partial charge in [0.1, 0.15) is 12.0 Å². The third kappa shape index (κ3) is 2.27. The van der Waals surface area contributed by atoms with Crippen molar-refractivity contribution in [3.63, 3.8) is 0 Å². The maximum atomic E-state index is 11.8. The van der Waals surface area contributed by atoms with Gasteiger partial charge in [0.05, 0.1) is 17.9 Å². The molecule has 2 aromatic heterocycles. The Morgan fingerprint density at radius 2 is 2.47 bits per heavy atom. The third-order valence-corrected chi connectivity index (χ3v) is 2.37. The Kier molecular flexibility index (Phi) is 3.08. The second kappa shape index (κ2) is 4.69. The van der Waals surface area contributed by atoms with Gasteiger partial charge in [0, 0.05) is 6.07 Å². The van der Waals surface area contributed by atoms with E-state index in [1.807, 2.05) is 6.92 Å². The molecule has 2 heterocycles. The quantitative estimate of drug-likeness (QED) is 0.713. The zero-order valence-corrected chi connectivity index (χ0v) is 9.36. The molecule has 0 spiro atoms. The van der Waals surface area contributed by atoms with E-state index in [1.165, 1.54) is 6.26 Å². The molecular formula is C10H13N5O2. The monoisotopic (exact) mass is 235 g/mol. The second-order valence-electron chi connectivity index (χ2n) is 3.49. The van der Waals surface area contributed by atoms with Gasteiger partial charge in [0.15, 0.2) is 5.69 Å². The molecule has 0 atom stereocenters. The minimum atomic E-state index is -0.332. The molecule has 1 amide bonds. The zero-order chi connectivity index (χ0) is 12.3. The lowest BCUT2D eigenvalue weighted by Gasteiger charge is -2.00. The van der Waals surface area contributed by atoms with E-state index in [-0.39, 0.29) is 18.1 Å². The standard InChI is InChI=1S/C10H13N5O2/c1-2-7-8(11)9(14-13-7)10(16)12-5-6-3-4-17-15-6/h3-4H,2,5,11H2,1H3,(H,12,16)(H,13,14). The predicted octanol–water partition coefficient (Wildman–Crippen LogP) is 0.472. The van der Waals surface area contributed by atoms with Crippen molar-refractivity contribution in [3.05, 3.63) is 29.4 Å². The Morgan fingerprint density at radius 1 is 1.65 bits per heavy atom. The third-order valence-electron chi connectivity index (χ3n) is 2.37. The lowest BCUT2D eigenvalue weighted by Crippen LogP contribution is -2.24. The van der Waals surface area contributed by atoms with Crippen molar-refractivity contribution < 1.29 is 9.32 Å². The lowest BCUT2D eigenvalue weighted by atomic mass is 10.2. The van der Waals surface area contributed by atoms with Crippen LogP contribution in [0.4, 0.5) is 5.69 Å². The van der Waals surface area contributed by atoms with Gasteiger partial charge in [-0.15, -0.1) is 0 Å². The maximum absolute atomic E-state index is 11.8. The number of H-pyrrole nitrogens is 1. The van der Waals surface area contributed by atoms with Crippen molar-refractivity contribution >= 4 is 11.6 Å². The first-order valence-corrected chi connectivity index (χ1v) is 5.22. The Labute approximate surface area is 97.4 Å². The molecule has 17 heavy (non-hydrogen) atoms. The molecule has 0 aliphatic carbocycles. The Bertz CT molecular complexity index is 503. The van der Waals surface area contributed by atoms with Gasteiger partial charge in [-0.2, -0.15) is 5.10 Å². The van der Waals surface area contributed by atoms with Crippen LogP contribution in [-0.4, -0.2) is 21.3 Å². The van der Waals surface area contributed by atoms with Crippen molar-refractivity contribution in [3.8, 4) is 0 Å². The van der Waals surface area contributed by atoms with Gasteiger partial charge in [0.25, 0.3) is 5.91 Å². The van der Waals surface area contributed by atoms with E-state index in [1.54, 1.807) is 6.07 Å². The van der Waals surface area contributed by atoms with E-state index >= 15 is 0 Å². The van der Waals surface area contributed by atoms with Crippen molar-refractivity contribution in [2.24, 2.45) is 0 Å². The summed E-state index contributed by atoms with van der Waals surface area (Å²) in [6, 6.07) is 1.67. The normalized spacial score (nSPS) is 10.4. The van der Waals surface area contributed by atoms with Gasteiger partial charge in [-0.1, -0.05) is 12.1 Å². The van der Waals surface area contributed by atoms with Gasteiger partial charge in [0.2, 0.25) is 0 Å². The minimum absolute atomic E-state index is 0.213. The second-order valence-corrected chi connectivity index (χ2v) is 3.49. The maximum Gasteiger partial charge on any atom is 0.274 e. The minimum Gasteiger partial charge on any atom is -0.395 e. The summed E-state index contributed by atoms with van der Waals surface area (Å²) < 4.78 is 4.65. The molecule has 0 saturated heterocycles. The van der Waals surface area contributed by atoms with Crippen LogP contribution in [0.15, 0.2) is 16.9 Å². The van der Waals surface area contributed by atoms with Gasteiger partial charge in [-0.3, -0.25) is 9.89 Å². The van der Waals surface area contributed by atoms with Crippen LogP contribution < -0.4 is 11.1 Å².